The minimum atomic E-state index is 0. The molecule has 1 radical (unpaired) electrons. The molecular weight excluding hydrogens is 138 g/mol. The van der Waals surface area contributed by atoms with Crippen LogP contribution in [0.15, 0.2) is 24.3 Å². The number of hydrogen-bond donors (Lipinski definition) is 0. The van der Waals surface area contributed by atoms with Crippen LogP contribution < -0.4 is 29.6 Å². The molecule has 0 N–H and O–H groups in total. The van der Waals surface area contributed by atoms with Gasteiger partial charge in [-0.25, -0.2) is 0 Å². The fraction of sp³-hybridized carbons (Fsp3) is 0.143. The summed E-state index contributed by atoms with van der Waals surface area (Å²) in [6, 6.07) is 10.8. The predicted octanol–water partition coefficient (Wildman–Crippen LogP) is -0.875. The molecule has 0 atom stereocenters. The van der Waals surface area contributed by atoms with Crippen LogP contribution in [-0.4, -0.2) is 0 Å². The zero-order chi connectivity index (χ0) is 5.11. The average Bonchev–Trinajstić information content (AvgIpc) is 1.69. The third kappa shape index (κ3) is 5.11. The first kappa shape index (κ1) is 12.3. The third-order valence-electron chi connectivity index (χ3n) is 0.863. The minimum absolute atomic E-state index is 0. The molecule has 0 spiro atoms. The van der Waals surface area contributed by atoms with Gasteiger partial charge in [0.25, 0.3) is 0 Å². The van der Waals surface area contributed by atoms with Crippen LogP contribution in [0.1, 0.15) is 5.56 Å². The van der Waals surface area contributed by atoms with Gasteiger partial charge in [-0.15, -0.1) is 0 Å². The van der Waals surface area contributed by atoms with Gasteiger partial charge in [0.2, 0.25) is 0 Å². The van der Waals surface area contributed by atoms with Crippen molar-refractivity contribution in [3.8, 4) is 0 Å². The molecule has 0 aliphatic rings. The van der Waals surface area contributed by atoms with Gasteiger partial charge in [0.05, 0.1) is 0 Å². The van der Waals surface area contributed by atoms with E-state index in [0.717, 1.165) is 0 Å². The topological polar surface area (TPSA) is 0 Å². The van der Waals surface area contributed by atoms with Gasteiger partial charge in [-0.1, -0.05) is 29.8 Å². The number of rotatable bonds is 0. The molecule has 2 heteroatoms. The van der Waals surface area contributed by atoms with Crippen molar-refractivity contribution in [3.63, 3.8) is 0 Å². The zero-order valence-corrected chi connectivity index (χ0v) is 9.04. The molecule has 1 rings (SSSR count). The predicted molar refractivity (Wildman–Crippen MR) is 39.7 cm³/mol. The molecule has 43 valence electrons. The fourth-order valence-electron chi connectivity index (χ4n) is 0.483. The number of hydrogen-bond acceptors (Lipinski definition) is 0. The molecule has 0 bridgehead atoms. The fourth-order valence-corrected chi connectivity index (χ4v) is 0.483. The molecule has 0 heterocycles. The van der Waals surface area contributed by atoms with Gasteiger partial charge in [-0.3, -0.25) is 0 Å². The largest absolute Gasteiger partial charge is 1.00 e. The monoisotopic (exact) mass is 147 g/mol. The van der Waals surface area contributed by atoms with Crippen LogP contribution in [0.2, 0.25) is 0 Å². The number of aryl methyl sites for hydroxylation is 1. The second kappa shape index (κ2) is 6.77. The zero-order valence-electron chi connectivity index (χ0n) is 5.89. The maximum Gasteiger partial charge on any atom is 1.00 e. The van der Waals surface area contributed by atoms with Crippen LogP contribution in [0.25, 0.3) is 0 Å². The Hall–Kier alpha value is 0.650. The van der Waals surface area contributed by atoms with Crippen molar-refractivity contribution in [3.05, 3.63) is 35.9 Å². The van der Waals surface area contributed by atoms with E-state index in [2.05, 4.69) is 19.1 Å². The summed E-state index contributed by atoms with van der Waals surface area (Å²) >= 11 is 0. The SMILES string of the molecule is Cc1c[c]ccc1.[Na+].[PH2-]. The summed E-state index contributed by atoms with van der Waals surface area (Å²) in [5.74, 6) is 0. The van der Waals surface area contributed by atoms with Crippen LogP contribution in [0, 0.1) is 13.0 Å². The minimum Gasteiger partial charge on any atom is -0.577 e. The Kier molecular flexibility index (Phi) is 9.27. The molecule has 0 saturated heterocycles. The standard InChI is InChI=1S/C7H7.Na.H2P/c1-7-5-3-2-4-6-7;;/h2-3,5-6H,1H3;;1H2/q;+1;-1. The van der Waals surface area contributed by atoms with Crippen molar-refractivity contribution in [2.24, 2.45) is 0 Å². The average molecular weight is 147 g/mol. The van der Waals surface area contributed by atoms with Gasteiger partial charge >= 0.3 is 29.6 Å². The van der Waals surface area contributed by atoms with E-state index in [0.29, 0.717) is 0 Å². The summed E-state index contributed by atoms with van der Waals surface area (Å²) in [6.45, 7) is 2.05. The van der Waals surface area contributed by atoms with E-state index in [-0.39, 0.29) is 39.5 Å². The van der Waals surface area contributed by atoms with E-state index >= 15 is 0 Å². The van der Waals surface area contributed by atoms with Gasteiger partial charge in [-0.05, 0) is 13.0 Å². The van der Waals surface area contributed by atoms with Crippen LogP contribution in [0.4, 0.5) is 0 Å². The Morgan fingerprint density at radius 3 is 2.33 bits per heavy atom. The molecule has 1 aromatic carbocycles. The summed E-state index contributed by atoms with van der Waals surface area (Å²) in [6.07, 6.45) is 0. The van der Waals surface area contributed by atoms with Gasteiger partial charge in [0.1, 0.15) is 0 Å². The third-order valence-corrected chi connectivity index (χ3v) is 0.863. The Balaban J connectivity index is 0. The van der Waals surface area contributed by atoms with E-state index in [4.69, 9.17) is 0 Å². The maximum absolute atomic E-state index is 2.96. The Bertz CT molecular complexity index is 139. The van der Waals surface area contributed by atoms with Gasteiger partial charge in [-0.2, -0.15) is 0 Å². The molecule has 9 heavy (non-hydrogen) atoms. The quantitative estimate of drug-likeness (QED) is 0.330. The van der Waals surface area contributed by atoms with Crippen molar-refractivity contribution in [2.45, 2.75) is 6.92 Å². The Morgan fingerprint density at radius 2 is 2.11 bits per heavy atom. The summed E-state index contributed by atoms with van der Waals surface area (Å²) in [4.78, 5) is 0. The van der Waals surface area contributed by atoms with Crippen LogP contribution >= 0.6 is 9.90 Å². The molecule has 0 unspecified atom stereocenters. The molecule has 0 aliphatic heterocycles. The molecule has 1 aromatic rings. The Morgan fingerprint density at radius 1 is 1.44 bits per heavy atom. The Labute approximate surface area is 82.0 Å². The molecule has 0 aliphatic carbocycles. The van der Waals surface area contributed by atoms with Gasteiger partial charge in [0.15, 0.2) is 0 Å². The first-order chi connectivity index (χ1) is 3.39. The molecule has 0 amide bonds. The van der Waals surface area contributed by atoms with Crippen molar-refractivity contribution in [2.75, 3.05) is 0 Å². The van der Waals surface area contributed by atoms with Crippen LogP contribution in [-0.2, 0) is 0 Å². The summed E-state index contributed by atoms with van der Waals surface area (Å²) in [7, 11) is 0. The second-order valence-corrected chi connectivity index (χ2v) is 1.58. The van der Waals surface area contributed by atoms with Gasteiger partial charge < -0.3 is 9.90 Å². The van der Waals surface area contributed by atoms with Crippen LogP contribution in [0.5, 0.6) is 0 Å². The normalized spacial score (nSPS) is 6.78. The second-order valence-electron chi connectivity index (χ2n) is 1.58. The summed E-state index contributed by atoms with van der Waals surface area (Å²) in [5.41, 5.74) is 1.27. The smallest absolute Gasteiger partial charge is 0.577 e. The van der Waals surface area contributed by atoms with Crippen molar-refractivity contribution in [1.82, 2.24) is 0 Å². The molecule has 0 aromatic heterocycles. The molecular formula is C7H9NaP. The van der Waals surface area contributed by atoms with Gasteiger partial charge in [0, 0.05) is 0 Å². The van der Waals surface area contributed by atoms with E-state index in [1.165, 1.54) is 5.56 Å². The first-order valence-corrected chi connectivity index (χ1v) is 2.32. The van der Waals surface area contributed by atoms with Crippen molar-refractivity contribution in [1.29, 1.82) is 0 Å². The molecule has 0 nitrogen and oxygen atoms in total. The summed E-state index contributed by atoms with van der Waals surface area (Å²) < 4.78 is 0. The van der Waals surface area contributed by atoms with E-state index in [1.807, 2.05) is 18.2 Å². The first-order valence-electron chi connectivity index (χ1n) is 2.32. The van der Waals surface area contributed by atoms with E-state index < -0.39 is 0 Å². The number of benzene rings is 1. The molecule has 0 fully saturated rings. The summed E-state index contributed by atoms with van der Waals surface area (Å²) in [5, 5.41) is 0. The van der Waals surface area contributed by atoms with E-state index in [9.17, 15) is 0 Å². The van der Waals surface area contributed by atoms with Crippen LogP contribution in [0.3, 0.4) is 0 Å². The maximum atomic E-state index is 2.96. The van der Waals surface area contributed by atoms with E-state index in [1.54, 1.807) is 0 Å². The van der Waals surface area contributed by atoms with Crippen molar-refractivity contribution >= 4 is 9.90 Å². The molecule has 0 saturated carbocycles. The van der Waals surface area contributed by atoms with Crippen molar-refractivity contribution < 1.29 is 29.6 Å².